The van der Waals surface area contributed by atoms with Crippen LogP contribution in [0.5, 0.6) is 11.5 Å². The number of halogens is 2. The van der Waals surface area contributed by atoms with Crippen LogP contribution in [0.1, 0.15) is 0 Å². The molecule has 0 saturated carbocycles. The number of ether oxygens (including phenoxy) is 2. The van der Waals surface area contributed by atoms with Crippen LogP contribution < -0.4 is 31.0 Å². The van der Waals surface area contributed by atoms with Crippen LogP contribution in [0.25, 0.3) is 22.1 Å². The summed E-state index contributed by atoms with van der Waals surface area (Å²) in [6, 6.07) is 4.50. The molecule has 1 amide bonds. The van der Waals surface area contributed by atoms with Crippen LogP contribution in [0.4, 0.5) is 5.82 Å². The Bertz CT molecular complexity index is 1300. The number of hydrogen-bond donors (Lipinski definition) is 3. The molecule has 1 saturated heterocycles. The van der Waals surface area contributed by atoms with Gasteiger partial charge in [-0.15, -0.1) is 0 Å². The molecule has 1 aliphatic rings. The molecule has 3 N–H and O–H groups in total. The largest absolute Gasteiger partial charge is 0.495 e. The maximum absolute atomic E-state index is 12.9. The van der Waals surface area contributed by atoms with Crippen molar-refractivity contribution < 1.29 is 18.7 Å². The maximum Gasteiger partial charge on any atom is 0.344 e. The average molecular weight is 505 g/mol. The van der Waals surface area contributed by atoms with Gasteiger partial charge in [0, 0.05) is 30.7 Å². The average Bonchev–Trinajstić information content (AvgIpc) is 3.26. The fraction of sp³-hybridized carbons (Fsp3) is 0.261. The van der Waals surface area contributed by atoms with Crippen molar-refractivity contribution in [1.29, 1.82) is 0 Å². The van der Waals surface area contributed by atoms with Crippen molar-refractivity contribution in [3.05, 3.63) is 57.5 Å². The van der Waals surface area contributed by atoms with Crippen molar-refractivity contribution in [2.45, 2.75) is 12.1 Å². The molecule has 1 fully saturated rings. The topological polar surface area (TPSA) is 115 Å². The third-order valence-electron chi connectivity index (χ3n) is 5.52. The van der Waals surface area contributed by atoms with Crippen molar-refractivity contribution >= 4 is 45.7 Å². The number of pyridine rings is 1. The van der Waals surface area contributed by atoms with Gasteiger partial charge in [0.05, 0.1) is 47.3 Å². The highest BCUT2D eigenvalue weighted by atomic mass is 35.5. The van der Waals surface area contributed by atoms with Crippen LogP contribution in [0.3, 0.4) is 0 Å². The second kappa shape index (κ2) is 9.92. The van der Waals surface area contributed by atoms with Gasteiger partial charge in [0.2, 0.25) is 5.91 Å². The van der Waals surface area contributed by atoms with Gasteiger partial charge in [0.25, 0.3) is 0 Å². The van der Waals surface area contributed by atoms with Crippen LogP contribution in [0.15, 0.2) is 46.3 Å². The van der Waals surface area contributed by atoms with Crippen LogP contribution in [0, 0.1) is 0 Å². The van der Waals surface area contributed by atoms with Crippen molar-refractivity contribution in [2.75, 3.05) is 32.6 Å². The predicted molar refractivity (Wildman–Crippen MR) is 131 cm³/mol. The van der Waals surface area contributed by atoms with Gasteiger partial charge < -0.3 is 29.8 Å². The summed E-state index contributed by atoms with van der Waals surface area (Å²) in [5, 5.41) is 10.6. The molecule has 4 rings (SSSR count). The molecule has 11 heteroatoms. The summed E-state index contributed by atoms with van der Waals surface area (Å²) < 4.78 is 16.2. The zero-order valence-electron chi connectivity index (χ0n) is 18.4. The summed E-state index contributed by atoms with van der Waals surface area (Å²) in [5.41, 5.74) is -0.313. The summed E-state index contributed by atoms with van der Waals surface area (Å²) in [5.74, 6) is 1.01. The Kier molecular flexibility index (Phi) is 6.97. The number of amides is 1. The van der Waals surface area contributed by atoms with E-state index in [0.29, 0.717) is 41.2 Å². The monoisotopic (exact) mass is 504 g/mol. The molecule has 0 spiro atoms. The summed E-state index contributed by atoms with van der Waals surface area (Å²) >= 11 is 12.9. The second-order valence-electron chi connectivity index (χ2n) is 7.57. The number of hydrogen-bond acceptors (Lipinski definition) is 8. The number of fused-ring (bicyclic) bond motifs is 1. The fourth-order valence-corrected chi connectivity index (χ4v) is 4.49. The maximum atomic E-state index is 12.9. The van der Waals surface area contributed by atoms with Gasteiger partial charge in [-0.25, -0.2) is 9.78 Å². The van der Waals surface area contributed by atoms with Gasteiger partial charge in [-0.3, -0.25) is 4.79 Å². The summed E-state index contributed by atoms with van der Waals surface area (Å²) in [6.45, 7) is 4.69. The minimum atomic E-state index is -0.590. The number of methoxy groups -OCH3 is 2. The van der Waals surface area contributed by atoms with Gasteiger partial charge in [-0.05, 0) is 18.2 Å². The SMILES string of the molecule is C=CC(=O)N[C@H]1CNCC1Nc1cc2c(=O)oc(-c3c(Cl)c(OC)cc(OC)c3Cl)cc2cn1. The van der Waals surface area contributed by atoms with Crippen LogP contribution in [-0.4, -0.2) is 50.3 Å². The zero-order chi connectivity index (χ0) is 24.4. The molecule has 2 aromatic heterocycles. The number of benzene rings is 1. The summed E-state index contributed by atoms with van der Waals surface area (Å²) in [4.78, 5) is 29.0. The normalized spacial score (nSPS) is 17.4. The first kappa shape index (κ1) is 23.9. The number of rotatable bonds is 7. The van der Waals surface area contributed by atoms with E-state index >= 15 is 0 Å². The lowest BCUT2D eigenvalue weighted by Gasteiger charge is -2.21. The number of aromatic nitrogens is 1. The van der Waals surface area contributed by atoms with E-state index in [4.69, 9.17) is 37.1 Å². The molecule has 0 radical (unpaired) electrons. The lowest BCUT2D eigenvalue weighted by atomic mass is 10.1. The molecule has 0 aliphatic carbocycles. The fourth-order valence-electron chi connectivity index (χ4n) is 3.80. The lowest BCUT2D eigenvalue weighted by Crippen LogP contribution is -2.45. The minimum absolute atomic E-state index is 0.123. The highest BCUT2D eigenvalue weighted by Crippen LogP contribution is 2.46. The Morgan fingerprint density at radius 1 is 1.18 bits per heavy atom. The molecule has 2 atom stereocenters. The molecular formula is C23H22Cl2N4O5. The van der Waals surface area contributed by atoms with Gasteiger partial charge in [-0.1, -0.05) is 29.8 Å². The van der Waals surface area contributed by atoms with E-state index in [-0.39, 0.29) is 39.4 Å². The first-order valence-corrected chi connectivity index (χ1v) is 11.1. The van der Waals surface area contributed by atoms with Crippen LogP contribution >= 0.6 is 23.2 Å². The lowest BCUT2D eigenvalue weighted by molar-refractivity contribution is -0.117. The Hall–Kier alpha value is -3.27. The predicted octanol–water partition coefficient (Wildman–Crippen LogP) is 3.23. The number of nitrogens with one attached hydrogen (secondary N) is 3. The Balaban J connectivity index is 1.69. The molecule has 9 nitrogen and oxygen atoms in total. The van der Waals surface area contributed by atoms with Crippen molar-refractivity contribution in [1.82, 2.24) is 15.6 Å². The minimum Gasteiger partial charge on any atom is -0.495 e. The summed E-state index contributed by atoms with van der Waals surface area (Å²) in [7, 11) is 2.92. The van der Waals surface area contributed by atoms with E-state index in [2.05, 4.69) is 27.5 Å². The molecule has 34 heavy (non-hydrogen) atoms. The highest BCUT2D eigenvalue weighted by Gasteiger charge is 2.28. The number of anilines is 1. The van der Waals surface area contributed by atoms with Crippen molar-refractivity contribution in [3.63, 3.8) is 0 Å². The molecule has 1 aliphatic heterocycles. The third-order valence-corrected chi connectivity index (χ3v) is 6.28. The molecule has 3 aromatic rings. The van der Waals surface area contributed by atoms with Crippen molar-refractivity contribution in [3.8, 4) is 22.8 Å². The van der Waals surface area contributed by atoms with Gasteiger partial charge in [-0.2, -0.15) is 0 Å². The molecule has 1 aromatic carbocycles. The third kappa shape index (κ3) is 4.54. The van der Waals surface area contributed by atoms with E-state index in [1.807, 2.05) is 0 Å². The quantitative estimate of drug-likeness (QED) is 0.420. The molecule has 3 heterocycles. The highest BCUT2D eigenvalue weighted by molar-refractivity contribution is 6.41. The van der Waals surface area contributed by atoms with E-state index < -0.39 is 5.63 Å². The zero-order valence-corrected chi connectivity index (χ0v) is 19.9. The Morgan fingerprint density at radius 3 is 2.50 bits per heavy atom. The number of carbonyl (C=O) groups excluding carboxylic acids is 1. The Labute approximate surface area is 205 Å². The van der Waals surface area contributed by atoms with E-state index in [9.17, 15) is 9.59 Å². The van der Waals surface area contributed by atoms with Gasteiger partial charge >= 0.3 is 5.63 Å². The van der Waals surface area contributed by atoms with Crippen LogP contribution in [0.2, 0.25) is 10.0 Å². The standard InChI is InChI=1S/C23H22Cl2N4O5/c1-4-19(30)29-14-10-26-9-13(14)28-18-6-12-11(8-27-18)5-15(34-23(12)31)20-21(24)16(32-2)7-17(33-3)22(20)25/h4-8,13-14,26H,1,9-10H2,2-3H3,(H,27,28)(H,29,30)/t13?,14-/m0/s1. The first-order valence-electron chi connectivity index (χ1n) is 10.3. The van der Waals surface area contributed by atoms with Gasteiger partial charge in [0.1, 0.15) is 23.1 Å². The molecule has 0 bridgehead atoms. The van der Waals surface area contributed by atoms with E-state index in [1.165, 1.54) is 20.3 Å². The summed E-state index contributed by atoms with van der Waals surface area (Å²) in [6.07, 6.45) is 2.78. The van der Waals surface area contributed by atoms with Gasteiger partial charge in [0.15, 0.2) is 0 Å². The first-order chi connectivity index (χ1) is 16.4. The molecule has 1 unspecified atom stereocenters. The van der Waals surface area contributed by atoms with E-state index in [1.54, 1.807) is 24.4 Å². The number of nitrogens with zero attached hydrogens (tertiary/aromatic N) is 1. The van der Waals surface area contributed by atoms with E-state index in [0.717, 1.165) is 0 Å². The van der Waals surface area contributed by atoms with Crippen molar-refractivity contribution in [2.24, 2.45) is 0 Å². The van der Waals surface area contributed by atoms with Crippen LogP contribution in [-0.2, 0) is 4.79 Å². The molecule has 178 valence electrons. The smallest absolute Gasteiger partial charge is 0.344 e. The Morgan fingerprint density at radius 2 is 1.85 bits per heavy atom. The molecular weight excluding hydrogens is 483 g/mol. The number of carbonyl (C=O) groups is 1. The second-order valence-corrected chi connectivity index (χ2v) is 8.32.